The number of unbranched alkanes of at least 4 members (excludes halogenated alkanes) is 1. The zero-order valence-corrected chi connectivity index (χ0v) is 35.4. The van der Waals surface area contributed by atoms with Crippen LogP contribution in [0.1, 0.15) is 90.4 Å². The van der Waals surface area contributed by atoms with E-state index in [9.17, 15) is 29.1 Å². The number of benzene rings is 1. The molecule has 2 heterocycles. The number of aromatic nitrogens is 2. The lowest BCUT2D eigenvalue weighted by Crippen LogP contribution is -2.65. The van der Waals surface area contributed by atoms with Crippen LogP contribution in [0.15, 0.2) is 36.7 Å². The van der Waals surface area contributed by atoms with Crippen LogP contribution in [0.4, 0.5) is 0 Å². The molecule has 3 saturated carbocycles. The van der Waals surface area contributed by atoms with Gasteiger partial charge in [-0.1, -0.05) is 25.4 Å². The van der Waals surface area contributed by atoms with Gasteiger partial charge < -0.3 is 52.5 Å². The quantitative estimate of drug-likeness (QED) is 0.0728. The van der Waals surface area contributed by atoms with Crippen molar-refractivity contribution in [3.05, 3.63) is 47.2 Å². The van der Waals surface area contributed by atoms with Crippen LogP contribution in [0.5, 0.6) is 0 Å². The number of halogens is 1. The van der Waals surface area contributed by atoms with Crippen molar-refractivity contribution < 1.29 is 38.4 Å². The molecule has 3 aliphatic carbocycles. The van der Waals surface area contributed by atoms with E-state index in [-0.39, 0.29) is 36.5 Å². The number of amides is 5. The number of nitrogens with two attached hydrogens (primary N) is 2. The smallest absolute Gasteiger partial charge is 0.404 e. The van der Waals surface area contributed by atoms with Crippen molar-refractivity contribution in [1.82, 2.24) is 36.6 Å². The van der Waals surface area contributed by atoms with Crippen molar-refractivity contribution in [1.29, 1.82) is 0 Å². The average molecular weight is 840 g/mol. The van der Waals surface area contributed by atoms with Crippen LogP contribution in [0.25, 0.3) is 11.4 Å². The Hall–Kier alpha value is -4.20. The van der Waals surface area contributed by atoms with Crippen LogP contribution >= 0.6 is 11.6 Å². The summed E-state index contributed by atoms with van der Waals surface area (Å²) >= 11 is 5.95. The summed E-state index contributed by atoms with van der Waals surface area (Å²) in [6.07, 6.45) is 4.60. The molecule has 4 fully saturated rings. The van der Waals surface area contributed by atoms with Gasteiger partial charge in [0.15, 0.2) is 5.82 Å². The molecule has 5 amide bonds. The minimum Gasteiger partial charge on any atom is -0.404 e. The number of nitrogens with zero attached hydrogens (tertiary/aromatic N) is 2. The molecule has 4 aliphatic rings. The molecule has 1 aromatic carbocycles. The summed E-state index contributed by atoms with van der Waals surface area (Å²) in [6.45, 7) is 11.6. The molecular formula is C40H59BClN9O8. The SMILES string of the molecule is C[C@H](NC(=O)[C@H](CCCCN)NC(=O)[C@H](C)NC(=O)[C@@H](NC(=O)[C@H](CCN)NC(=O)c1cnc(-c2ccc(Cl)cc2)nc1)[C@@H](C)O)B1O[C@@H]2C[C@@H]3C[C@@H](C3(C)C)[C@]2(C)O1. The number of hydrogen-bond donors (Lipinski definition) is 8. The third-order valence-corrected chi connectivity index (χ3v) is 12.5. The first-order valence-electron chi connectivity index (χ1n) is 20.4. The standard InChI is InChI=1S/C40H59BClN9O8/c1-21(34(53)49-28(9-7-8-15-43)36(55)48-23(3)41-58-31-18-26-17-30(39(26,4)5)40(31,6)59-41)47-38(57)32(22(2)52)51-37(56)29(14-16-44)50-35(54)25-19-45-33(46-20-25)24-10-12-27(42)13-11-24/h10-13,19-23,26,28-32,52H,7-9,14-18,43-44H2,1-6H3,(H,47,57)(H,48,55)(H,49,53)(H,50,54)(H,51,56)/t21-,22+,23-,26-,28-,29-,30-,31+,32-,40-/m0/s1. The topological polar surface area (TPSA) is 262 Å². The summed E-state index contributed by atoms with van der Waals surface area (Å²) in [7, 11) is -0.658. The van der Waals surface area contributed by atoms with E-state index in [4.69, 9.17) is 32.4 Å². The first kappa shape index (κ1) is 45.9. The third kappa shape index (κ3) is 10.6. The van der Waals surface area contributed by atoms with Crippen LogP contribution in [-0.2, 0) is 28.5 Å². The number of hydrogen-bond acceptors (Lipinski definition) is 12. The van der Waals surface area contributed by atoms with E-state index in [2.05, 4.69) is 57.3 Å². The molecule has 19 heteroatoms. The number of aliphatic hydroxyl groups excluding tert-OH is 1. The fourth-order valence-electron chi connectivity index (χ4n) is 8.46. The third-order valence-electron chi connectivity index (χ3n) is 12.2. The van der Waals surface area contributed by atoms with Gasteiger partial charge in [-0.05, 0) is 121 Å². The molecule has 1 aliphatic heterocycles. The van der Waals surface area contributed by atoms with E-state index in [0.717, 1.165) is 12.8 Å². The molecule has 6 rings (SSSR count). The lowest BCUT2D eigenvalue weighted by atomic mass is 9.43. The number of rotatable bonds is 19. The van der Waals surface area contributed by atoms with Crippen LogP contribution < -0.4 is 38.1 Å². The molecule has 59 heavy (non-hydrogen) atoms. The summed E-state index contributed by atoms with van der Waals surface area (Å²) < 4.78 is 12.9. The lowest BCUT2D eigenvalue weighted by molar-refractivity contribution is -0.199. The van der Waals surface area contributed by atoms with Gasteiger partial charge in [0.25, 0.3) is 5.91 Å². The molecule has 1 aromatic heterocycles. The molecule has 17 nitrogen and oxygen atoms in total. The van der Waals surface area contributed by atoms with Gasteiger partial charge in [-0.15, -0.1) is 0 Å². The minimum absolute atomic E-state index is 0.00146. The lowest BCUT2D eigenvalue weighted by Gasteiger charge is -2.64. The zero-order valence-electron chi connectivity index (χ0n) is 34.6. The summed E-state index contributed by atoms with van der Waals surface area (Å²) in [5.41, 5.74) is 11.9. The summed E-state index contributed by atoms with van der Waals surface area (Å²) in [6, 6.07) is 1.98. The van der Waals surface area contributed by atoms with Crippen LogP contribution in [0.2, 0.25) is 5.02 Å². The van der Waals surface area contributed by atoms with E-state index in [0.29, 0.717) is 47.6 Å². The average Bonchev–Trinajstić information content (AvgIpc) is 3.57. The van der Waals surface area contributed by atoms with Gasteiger partial charge in [-0.2, -0.15) is 0 Å². The fraction of sp³-hybridized carbons (Fsp3) is 0.625. The van der Waals surface area contributed by atoms with Crippen molar-refractivity contribution in [3.63, 3.8) is 0 Å². The van der Waals surface area contributed by atoms with Gasteiger partial charge in [0.2, 0.25) is 23.6 Å². The predicted octanol–water partition coefficient (Wildman–Crippen LogP) is 1.00. The molecule has 0 spiro atoms. The molecular weight excluding hydrogens is 781 g/mol. The van der Waals surface area contributed by atoms with E-state index >= 15 is 0 Å². The number of carbonyl (C=O) groups is 5. The monoisotopic (exact) mass is 839 g/mol. The molecule has 322 valence electrons. The Morgan fingerprint density at radius 3 is 2.10 bits per heavy atom. The second-order valence-electron chi connectivity index (χ2n) is 16.8. The summed E-state index contributed by atoms with van der Waals surface area (Å²) in [5.74, 6) is -2.67. The van der Waals surface area contributed by atoms with Gasteiger partial charge in [0.1, 0.15) is 24.2 Å². The van der Waals surface area contributed by atoms with Crippen molar-refractivity contribution in [3.8, 4) is 11.4 Å². The van der Waals surface area contributed by atoms with Crippen LogP contribution in [0.3, 0.4) is 0 Å². The Labute approximate surface area is 350 Å². The molecule has 2 aromatic rings. The van der Waals surface area contributed by atoms with E-state index in [1.165, 1.54) is 26.2 Å². The number of aliphatic hydroxyl groups is 1. The molecule has 10 atom stereocenters. The van der Waals surface area contributed by atoms with Crippen LogP contribution in [-0.4, -0.2) is 113 Å². The molecule has 10 N–H and O–H groups in total. The molecule has 1 saturated heterocycles. The first-order valence-corrected chi connectivity index (χ1v) is 20.8. The maximum Gasteiger partial charge on any atom is 0.481 e. The zero-order chi connectivity index (χ0) is 43.2. The predicted molar refractivity (Wildman–Crippen MR) is 221 cm³/mol. The van der Waals surface area contributed by atoms with E-state index in [1.54, 1.807) is 24.3 Å². The molecule has 0 unspecified atom stereocenters. The Balaban J connectivity index is 1.15. The van der Waals surface area contributed by atoms with Crippen molar-refractivity contribution in [2.45, 2.75) is 128 Å². The van der Waals surface area contributed by atoms with E-state index in [1.807, 2.05) is 6.92 Å². The maximum atomic E-state index is 13.7. The van der Waals surface area contributed by atoms with Gasteiger partial charge in [-0.25, -0.2) is 9.97 Å². The second-order valence-corrected chi connectivity index (χ2v) is 17.3. The highest BCUT2D eigenvalue weighted by molar-refractivity contribution is 6.47. The number of carbonyl (C=O) groups excluding carboxylic acids is 5. The highest BCUT2D eigenvalue weighted by Gasteiger charge is 2.68. The highest BCUT2D eigenvalue weighted by atomic mass is 35.5. The van der Waals surface area contributed by atoms with Gasteiger partial charge in [0, 0.05) is 23.0 Å². The Bertz CT molecular complexity index is 1820. The summed E-state index contributed by atoms with van der Waals surface area (Å²) in [5, 5.41) is 24.4. The summed E-state index contributed by atoms with van der Waals surface area (Å²) in [4.78, 5) is 75.5. The first-order chi connectivity index (χ1) is 27.9. The van der Waals surface area contributed by atoms with Gasteiger partial charge >= 0.3 is 7.12 Å². The molecule has 2 bridgehead atoms. The van der Waals surface area contributed by atoms with E-state index < -0.39 is 78.5 Å². The fourth-order valence-corrected chi connectivity index (χ4v) is 8.59. The second kappa shape index (κ2) is 19.5. The maximum absolute atomic E-state index is 13.7. The Kier molecular flexibility index (Phi) is 15.1. The van der Waals surface area contributed by atoms with Crippen LogP contribution in [0, 0.1) is 17.3 Å². The van der Waals surface area contributed by atoms with Gasteiger partial charge in [-0.3, -0.25) is 24.0 Å². The number of nitrogens with one attached hydrogen (secondary N) is 5. The Morgan fingerprint density at radius 1 is 0.847 bits per heavy atom. The highest BCUT2D eigenvalue weighted by Crippen LogP contribution is 2.65. The van der Waals surface area contributed by atoms with Crippen molar-refractivity contribution in [2.24, 2.45) is 28.7 Å². The van der Waals surface area contributed by atoms with Gasteiger partial charge in [0.05, 0.1) is 29.3 Å². The normalized spacial score (nSPS) is 24.5. The van der Waals surface area contributed by atoms with Crippen molar-refractivity contribution in [2.75, 3.05) is 13.1 Å². The Morgan fingerprint density at radius 2 is 1.49 bits per heavy atom. The minimum atomic E-state index is -1.52. The van der Waals surface area contributed by atoms with Crippen molar-refractivity contribution >= 4 is 48.3 Å². The largest absolute Gasteiger partial charge is 0.481 e. The molecule has 0 radical (unpaired) electrons.